The first-order chi connectivity index (χ1) is 8.66. The molecule has 4 heteroatoms. The summed E-state index contributed by atoms with van der Waals surface area (Å²) in [5.41, 5.74) is 0. The third-order valence-electron chi connectivity index (χ3n) is 4.44. The third-order valence-corrected chi connectivity index (χ3v) is 4.44. The molecule has 104 valence electrons. The second kappa shape index (κ2) is 6.53. The number of carbonyl (C=O) groups is 1. The van der Waals surface area contributed by atoms with E-state index < -0.39 is 0 Å². The molecule has 0 bridgehead atoms. The van der Waals surface area contributed by atoms with Gasteiger partial charge in [-0.05, 0) is 57.5 Å². The maximum absolute atomic E-state index is 12.2. The maximum atomic E-state index is 12.2. The van der Waals surface area contributed by atoms with E-state index in [4.69, 9.17) is 0 Å². The van der Waals surface area contributed by atoms with E-state index in [1.807, 2.05) is 11.8 Å². The Balaban J connectivity index is 1.73. The first kappa shape index (κ1) is 13.8. The number of aliphatic hydroxyl groups excluding tert-OH is 1. The standard InChI is InChI=1S/C14H26N2O2/c1-11(17)13-4-7-16(8-5-13)14(18)9-12-3-2-6-15-10-12/h11-13,15,17H,2-10H2,1H3. The molecule has 2 aliphatic rings. The van der Waals surface area contributed by atoms with Gasteiger partial charge in [-0.25, -0.2) is 0 Å². The molecule has 2 saturated heterocycles. The summed E-state index contributed by atoms with van der Waals surface area (Å²) >= 11 is 0. The number of rotatable bonds is 3. The molecule has 0 radical (unpaired) electrons. The van der Waals surface area contributed by atoms with Crippen LogP contribution in [0.2, 0.25) is 0 Å². The molecule has 2 rings (SSSR count). The highest BCUT2D eigenvalue weighted by Gasteiger charge is 2.27. The second-order valence-electron chi connectivity index (χ2n) is 5.88. The van der Waals surface area contributed by atoms with Crippen LogP contribution in [-0.4, -0.2) is 48.2 Å². The van der Waals surface area contributed by atoms with Crippen LogP contribution >= 0.6 is 0 Å². The van der Waals surface area contributed by atoms with Crippen molar-refractivity contribution in [2.75, 3.05) is 26.2 Å². The molecule has 1 amide bonds. The fraction of sp³-hybridized carbons (Fsp3) is 0.929. The normalized spacial score (nSPS) is 28.1. The summed E-state index contributed by atoms with van der Waals surface area (Å²) in [6, 6.07) is 0. The highest BCUT2D eigenvalue weighted by Crippen LogP contribution is 2.22. The van der Waals surface area contributed by atoms with Crippen LogP contribution in [0.3, 0.4) is 0 Å². The highest BCUT2D eigenvalue weighted by molar-refractivity contribution is 5.76. The lowest BCUT2D eigenvalue weighted by Crippen LogP contribution is -2.42. The fourth-order valence-corrected chi connectivity index (χ4v) is 3.11. The van der Waals surface area contributed by atoms with Gasteiger partial charge in [0.25, 0.3) is 0 Å². The largest absolute Gasteiger partial charge is 0.393 e. The summed E-state index contributed by atoms with van der Waals surface area (Å²) in [6.45, 7) is 5.61. The van der Waals surface area contributed by atoms with Crippen LogP contribution < -0.4 is 5.32 Å². The van der Waals surface area contributed by atoms with Gasteiger partial charge in [0.15, 0.2) is 0 Å². The van der Waals surface area contributed by atoms with E-state index in [0.717, 1.165) is 39.0 Å². The summed E-state index contributed by atoms with van der Waals surface area (Å²) in [5.74, 6) is 1.22. The van der Waals surface area contributed by atoms with Crippen molar-refractivity contribution < 1.29 is 9.90 Å². The van der Waals surface area contributed by atoms with Crippen LogP contribution in [0.4, 0.5) is 0 Å². The van der Waals surface area contributed by atoms with Gasteiger partial charge >= 0.3 is 0 Å². The van der Waals surface area contributed by atoms with Crippen molar-refractivity contribution >= 4 is 5.91 Å². The molecule has 2 unspecified atom stereocenters. The topological polar surface area (TPSA) is 52.6 Å². The Labute approximate surface area is 110 Å². The number of nitrogens with one attached hydrogen (secondary N) is 1. The first-order valence-corrected chi connectivity index (χ1v) is 7.33. The van der Waals surface area contributed by atoms with E-state index >= 15 is 0 Å². The number of amides is 1. The number of nitrogens with zero attached hydrogens (tertiary/aromatic N) is 1. The van der Waals surface area contributed by atoms with E-state index in [9.17, 15) is 9.90 Å². The average molecular weight is 254 g/mol. The minimum Gasteiger partial charge on any atom is -0.393 e. The summed E-state index contributed by atoms with van der Waals surface area (Å²) < 4.78 is 0. The quantitative estimate of drug-likeness (QED) is 0.790. The number of carbonyl (C=O) groups excluding carboxylic acids is 1. The molecular formula is C14H26N2O2. The Morgan fingerprint density at radius 2 is 2.11 bits per heavy atom. The molecule has 0 aromatic carbocycles. The van der Waals surface area contributed by atoms with E-state index in [-0.39, 0.29) is 6.10 Å². The van der Waals surface area contributed by atoms with Crippen molar-refractivity contribution in [1.29, 1.82) is 0 Å². The Kier molecular flexibility index (Phi) is 5.01. The van der Waals surface area contributed by atoms with Gasteiger partial charge in [-0.15, -0.1) is 0 Å². The molecule has 2 N–H and O–H groups in total. The molecular weight excluding hydrogens is 228 g/mol. The summed E-state index contributed by atoms with van der Waals surface area (Å²) in [7, 11) is 0. The van der Waals surface area contributed by atoms with Crippen LogP contribution in [0, 0.1) is 11.8 Å². The minimum absolute atomic E-state index is 0.232. The van der Waals surface area contributed by atoms with E-state index in [0.29, 0.717) is 24.2 Å². The van der Waals surface area contributed by atoms with Gasteiger partial charge in [-0.1, -0.05) is 0 Å². The van der Waals surface area contributed by atoms with E-state index in [1.165, 1.54) is 12.8 Å². The Bertz CT molecular complexity index is 267. The van der Waals surface area contributed by atoms with Crippen LogP contribution in [0.15, 0.2) is 0 Å². The first-order valence-electron chi connectivity index (χ1n) is 7.33. The second-order valence-corrected chi connectivity index (χ2v) is 5.88. The van der Waals surface area contributed by atoms with Gasteiger partial charge in [0.1, 0.15) is 0 Å². The highest BCUT2D eigenvalue weighted by atomic mass is 16.3. The summed E-state index contributed by atoms with van der Waals surface area (Å²) in [4.78, 5) is 14.2. The minimum atomic E-state index is -0.232. The van der Waals surface area contributed by atoms with Crippen LogP contribution in [0.25, 0.3) is 0 Å². The van der Waals surface area contributed by atoms with Gasteiger partial charge in [-0.2, -0.15) is 0 Å². The Morgan fingerprint density at radius 3 is 2.67 bits per heavy atom. The zero-order valence-corrected chi connectivity index (χ0v) is 11.4. The number of hydrogen-bond acceptors (Lipinski definition) is 3. The molecule has 0 spiro atoms. The molecule has 4 nitrogen and oxygen atoms in total. The van der Waals surface area contributed by atoms with Crippen LogP contribution in [0.5, 0.6) is 0 Å². The monoisotopic (exact) mass is 254 g/mol. The summed E-state index contributed by atoms with van der Waals surface area (Å²) in [6.07, 6.45) is 4.75. The number of likely N-dealkylation sites (tertiary alicyclic amines) is 1. The SMILES string of the molecule is CC(O)C1CCN(C(=O)CC2CCCNC2)CC1. The van der Waals surface area contributed by atoms with Crippen molar-refractivity contribution in [3.63, 3.8) is 0 Å². The lowest BCUT2D eigenvalue weighted by molar-refractivity contribution is -0.134. The summed E-state index contributed by atoms with van der Waals surface area (Å²) in [5, 5.41) is 12.9. The van der Waals surface area contributed by atoms with Crippen molar-refractivity contribution in [3.8, 4) is 0 Å². The van der Waals surface area contributed by atoms with Crippen molar-refractivity contribution in [1.82, 2.24) is 10.2 Å². The van der Waals surface area contributed by atoms with Crippen LogP contribution in [0.1, 0.15) is 39.0 Å². The Hall–Kier alpha value is -0.610. The van der Waals surface area contributed by atoms with Gasteiger partial charge in [-0.3, -0.25) is 4.79 Å². The maximum Gasteiger partial charge on any atom is 0.222 e. The lowest BCUT2D eigenvalue weighted by atomic mass is 9.91. The molecule has 0 aliphatic carbocycles. The van der Waals surface area contributed by atoms with Gasteiger partial charge < -0.3 is 15.3 Å². The zero-order chi connectivity index (χ0) is 13.0. The van der Waals surface area contributed by atoms with Crippen LogP contribution in [-0.2, 0) is 4.79 Å². The van der Waals surface area contributed by atoms with E-state index in [2.05, 4.69) is 5.32 Å². The fourth-order valence-electron chi connectivity index (χ4n) is 3.11. The molecule has 0 saturated carbocycles. The van der Waals surface area contributed by atoms with Crippen molar-refractivity contribution in [3.05, 3.63) is 0 Å². The molecule has 2 fully saturated rings. The molecule has 0 aromatic heterocycles. The van der Waals surface area contributed by atoms with Gasteiger partial charge in [0.2, 0.25) is 5.91 Å². The molecule has 2 aliphatic heterocycles. The number of hydrogen-bond donors (Lipinski definition) is 2. The lowest BCUT2D eigenvalue weighted by Gasteiger charge is -2.34. The van der Waals surface area contributed by atoms with Crippen molar-refractivity contribution in [2.45, 2.75) is 45.1 Å². The predicted octanol–water partition coefficient (Wildman–Crippen LogP) is 0.995. The van der Waals surface area contributed by atoms with E-state index in [1.54, 1.807) is 0 Å². The molecule has 2 heterocycles. The average Bonchev–Trinajstić information content (AvgIpc) is 2.40. The van der Waals surface area contributed by atoms with Crippen molar-refractivity contribution in [2.24, 2.45) is 11.8 Å². The number of piperidine rings is 2. The Morgan fingerprint density at radius 1 is 1.39 bits per heavy atom. The van der Waals surface area contributed by atoms with Gasteiger partial charge in [0, 0.05) is 19.5 Å². The molecule has 18 heavy (non-hydrogen) atoms. The molecule has 2 atom stereocenters. The number of aliphatic hydroxyl groups is 1. The van der Waals surface area contributed by atoms with Gasteiger partial charge in [0.05, 0.1) is 6.10 Å². The third kappa shape index (κ3) is 3.69. The zero-order valence-electron chi connectivity index (χ0n) is 11.4. The smallest absolute Gasteiger partial charge is 0.222 e. The molecule has 0 aromatic rings. The predicted molar refractivity (Wildman–Crippen MR) is 71.2 cm³/mol.